The molecule has 0 radical (unpaired) electrons. The lowest BCUT2D eigenvalue weighted by Crippen LogP contribution is -2.10. The van der Waals surface area contributed by atoms with Gasteiger partial charge in [-0.3, -0.25) is 0 Å². The summed E-state index contributed by atoms with van der Waals surface area (Å²) >= 11 is 0. The SMILES string of the molecule is c1ccc2c(c1)-c1c(-c3nnc[nH]3)c(-c3nnc[nH]3)c(-c3nnc[nH]3)c(-c3nnc[nH]3)c1-c1ccccc1-c1c(-c3nnc[nH]3)c(-c3nnc[nH]3)c(-c3nnc[nH]3)c(-c3nnc[nH]3)c1-2. The Morgan fingerprint density at radius 1 is 0.203 bits per heavy atom. The molecule has 304 valence electrons. The highest BCUT2D eigenvalue weighted by molar-refractivity contribution is 6.21. The van der Waals surface area contributed by atoms with Crippen molar-refractivity contribution in [3.63, 3.8) is 0 Å². The van der Waals surface area contributed by atoms with Gasteiger partial charge in [-0.05, 0) is 22.3 Å². The summed E-state index contributed by atoms with van der Waals surface area (Å²) < 4.78 is 0. The van der Waals surface area contributed by atoms with Crippen LogP contribution in [-0.4, -0.2) is 121 Å². The molecule has 0 amide bonds. The van der Waals surface area contributed by atoms with Crippen LogP contribution in [0.1, 0.15) is 0 Å². The lowest BCUT2D eigenvalue weighted by Gasteiger charge is -2.31. The Hall–Kier alpha value is -10.0. The summed E-state index contributed by atoms with van der Waals surface area (Å²) in [5.74, 6) is 3.37. The summed E-state index contributed by atoms with van der Waals surface area (Å²) in [5, 5.41) is 71.2. The van der Waals surface area contributed by atoms with Crippen LogP contribution in [0, 0.1) is 0 Å². The number of aromatic nitrogens is 24. The minimum atomic E-state index is 0.411. The minimum Gasteiger partial charge on any atom is -0.328 e. The molecule has 8 N–H and O–H groups in total. The summed E-state index contributed by atoms with van der Waals surface area (Å²) in [5.41, 5.74) is 10.8. The third-order valence-corrected chi connectivity index (χ3v) is 11.2. The molecule has 0 unspecified atom stereocenters. The van der Waals surface area contributed by atoms with Crippen LogP contribution in [-0.2, 0) is 0 Å². The highest BCUT2D eigenvalue weighted by Crippen LogP contribution is 2.62. The Bertz CT molecular complexity index is 3090. The minimum absolute atomic E-state index is 0.411. The molecule has 4 aromatic carbocycles. The van der Waals surface area contributed by atoms with E-state index in [1.54, 1.807) is 0 Å². The maximum atomic E-state index is 4.67. The second kappa shape index (κ2) is 13.8. The Morgan fingerprint density at radius 3 is 0.500 bits per heavy atom. The van der Waals surface area contributed by atoms with E-state index in [0.717, 1.165) is 44.5 Å². The van der Waals surface area contributed by atoms with Gasteiger partial charge in [-0.25, -0.2) is 0 Å². The van der Waals surface area contributed by atoms with Crippen LogP contribution in [0.5, 0.6) is 0 Å². The fourth-order valence-electron chi connectivity index (χ4n) is 8.93. The Balaban J connectivity index is 1.34. The highest BCUT2D eigenvalue weighted by atomic mass is 15.2. The number of nitrogens with one attached hydrogen (secondary N) is 8. The van der Waals surface area contributed by atoms with E-state index in [1.807, 2.05) is 24.3 Å². The number of fused-ring (bicyclic) bond motifs is 8. The lowest BCUT2D eigenvalue weighted by atomic mass is 9.71. The van der Waals surface area contributed by atoms with Crippen molar-refractivity contribution < 1.29 is 0 Å². The maximum Gasteiger partial charge on any atom is 0.162 e. The van der Waals surface area contributed by atoms with Crippen molar-refractivity contribution in [3.8, 4) is 136 Å². The van der Waals surface area contributed by atoms with Crippen molar-refractivity contribution in [2.24, 2.45) is 0 Å². The number of H-pyrrole nitrogens is 8. The fourth-order valence-corrected chi connectivity index (χ4v) is 8.93. The van der Waals surface area contributed by atoms with E-state index in [2.05, 4.69) is 146 Å². The number of rotatable bonds is 8. The van der Waals surface area contributed by atoms with Crippen molar-refractivity contribution in [1.29, 1.82) is 0 Å². The second-order valence-electron chi connectivity index (χ2n) is 14.3. The molecule has 13 rings (SSSR count). The van der Waals surface area contributed by atoms with Crippen LogP contribution < -0.4 is 0 Å². The largest absolute Gasteiger partial charge is 0.328 e. The highest BCUT2D eigenvalue weighted by Gasteiger charge is 2.40. The van der Waals surface area contributed by atoms with E-state index in [0.29, 0.717) is 91.1 Å². The third kappa shape index (κ3) is 5.03. The van der Waals surface area contributed by atoms with Crippen LogP contribution in [0.25, 0.3) is 136 Å². The van der Waals surface area contributed by atoms with Gasteiger partial charge in [0.05, 0.1) is 0 Å². The summed E-state index contributed by atoms with van der Waals surface area (Å²) in [6.07, 6.45) is 12.2. The van der Waals surface area contributed by atoms with Crippen molar-refractivity contribution in [2.75, 3.05) is 0 Å². The first-order valence-electron chi connectivity index (χ1n) is 19.4. The molecule has 0 saturated heterocycles. The van der Waals surface area contributed by atoms with Crippen LogP contribution in [0.15, 0.2) is 99.1 Å². The zero-order chi connectivity index (χ0) is 42.1. The summed E-state index contributed by atoms with van der Waals surface area (Å²) in [4.78, 5) is 26.3. The van der Waals surface area contributed by atoms with Gasteiger partial charge in [-0.1, -0.05) is 48.5 Å². The number of hydrogen-bond acceptors (Lipinski definition) is 16. The molecule has 64 heavy (non-hydrogen) atoms. The zero-order valence-electron chi connectivity index (χ0n) is 32.4. The first-order chi connectivity index (χ1) is 31.8. The van der Waals surface area contributed by atoms with Gasteiger partial charge in [0, 0.05) is 66.8 Å². The van der Waals surface area contributed by atoms with Gasteiger partial charge >= 0.3 is 0 Å². The average Bonchev–Trinajstić information content (AvgIpc) is 4.20. The predicted molar refractivity (Wildman–Crippen MR) is 225 cm³/mol. The van der Waals surface area contributed by atoms with E-state index < -0.39 is 0 Å². The number of nitrogens with zero attached hydrogens (tertiary/aromatic N) is 16. The van der Waals surface area contributed by atoms with Gasteiger partial charge in [0.2, 0.25) is 0 Å². The first kappa shape index (κ1) is 34.8. The Labute approximate surface area is 355 Å². The Morgan fingerprint density at radius 2 is 0.359 bits per heavy atom. The topological polar surface area (TPSA) is 333 Å². The van der Waals surface area contributed by atoms with Gasteiger partial charge in [0.15, 0.2) is 46.6 Å². The molecule has 24 heteroatoms. The Kier molecular flexibility index (Phi) is 7.49. The van der Waals surface area contributed by atoms with Gasteiger partial charge < -0.3 is 39.9 Å². The predicted octanol–water partition coefficient (Wildman–Crippen LogP) is 4.95. The van der Waals surface area contributed by atoms with Crippen LogP contribution in [0.3, 0.4) is 0 Å². The summed E-state index contributed by atoms with van der Waals surface area (Å²) in [7, 11) is 0. The van der Waals surface area contributed by atoms with Crippen molar-refractivity contribution in [3.05, 3.63) is 99.1 Å². The maximum absolute atomic E-state index is 4.67. The first-order valence-corrected chi connectivity index (χ1v) is 19.4. The number of hydrogen-bond donors (Lipinski definition) is 8. The fraction of sp³-hybridized carbons (Fsp3) is 0. The zero-order valence-corrected chi connectivity index (χ0v) is 32.4. The van der Waals surface area contributed by atoms with E-state index in [1.165, 1.54) is 50.6 Å². The van der Waals surface area contributed by atoms with Gasteiger partial charge in [-0.2, -0.15) is 0 Å². The molecule has 8 heterocycles. The van der Waals surface area contributed by atoms with Crippen molar-refractivity contribution in [1.82, 2.24) is 121 Å². The monoisotopic (exact) mass is 840 g/mol. The molecule has 8 aromatic heterocycles. The molecule has 0 spiro atoms. The van der Waals surface area contributed by atoms with E-state index in [4.69, 9.17) is 0 Å². The standard InChI is InChI=1S/C40H24N24/c1-2-6-18-17(5-1)21-23(27(35-43-11-51-59-35)31(39-47-15-55-63-39)29(37-45-13-53-61-37)25(21)33-41-9-49-57-33)19-7-3-4-8-20(19)24-22(18)26(34-42-10-50-58-34)30(38-46-14-54-62-38)32(40-48-16-56-64-40)28(24)36-44-12-52-60-36/h1-16H,(H,41,49,57)(H,42,50,58)(H,43,51,59)(H,44,52,60)(H,45,53,61)(H,46,54,62)(H,47,55,63)(H,48,56,64). The molecule has 0 atom stereocenters. The summed E-state index contributed by atoms with van der Waals surface area (Å²) in [6.45, 7) is 0. The molecule has 0 bridgehead atoms. The summed E-state index contributed by atoms with van der Waals surface area (Å²) in [6, 6.07) is 16.2. The van der Waals surface area contributed by atoms with Crippen LogP contribution >= 0.6 is 0 Å². The molecule has 0 fully saturated rings. The van der Waals surface area contributed by atoms with Crippen molar-refractivity contribution >= 4 is 0 Å². The molecule has 12 aromatic rings. The average molecular weight is 841 g/mol. The molecular weight excluding hydrogens is 817 g/mol. The molecule has 24 nitrogen and oxygen atoms in total. The molecule has 0 aliphatic heterocycles. The van der Waals surface area contributed by atoms with Crippen molar-refractivity contribution in [2.45, 2.75) is 0 Å². The van der Waals surface area contributed by atoms with Gasteiger partial charge in [-0.15, -0.1) is 81.6 Å². The lowest BCUT2D eigenvalue weighted by molar-refractivity contribution is 1.08. The van der Waals surface area contributed by atoms with E-state index >= 15 is 0 Å². The van der Waals surface area contributed by atoms with E-state index in [9.17, 15) is 0 Å². The quantitative estimate of drug-likeness (QED) is 0.100. The number of aromatic amines is 8. The molecule has 1 aliphatic rings. The van der Waals surface area contributed by atoms with Gasteiger partial charge in [0.25, 0.3) is 0 Å². The second-order valence-corrected chi connectivity index (χ2v) is 14.3. The van der Waals surface area contributed by atoms with Crippen LogP contribution in [0.4, 0.5) is 0 Å². The smallest absolute Gasteiger partial charge is 0.162 e. The molecule has 0 saturated carbocycles. The molecular formula is C40H24N24. The van der Waals surface area contributed by atoms with Gasteiger partial charge in [0.1, 0.15) is 50.6 Å². The van der Waals surface area contributed by atoms with E-state index in [-0.39, 0.29) is 0 Å². The number of benzene rings is 4. The third-order valence-electron chi connectivity index (χ3n) is 11.2. The molecule has 1 aliphatic carbocycles. The normalized spacial score (nSPS) is 11.8. The van der Waals surface area contributed by atoms with Crippen LogP contribution in [0.2, 0.25) is 0 Å².